The second-order valence-corrected chi connectivity index (χ2v) is 5.60. The van der Waals surface area contributed by atoms with Crippen LogP contribution >= 0.6 is 0 Å². The first-order valence-electron chi connectivity index (χ1n) is 7.39. The van der Waals surface area contributed by atoms with Crippen molar-refractivity contribution in [3.63, 3.8) is 0 Å². The van der Waals surface area contributed by atoms with Gasteiger partial charge in [-0.2, -0.15) is 0 Å². The van der Waals surface area contributed by atoms with Crippen LogP contribution in [-0.2, 0) is 6.61 Å². The van der Waals surface area contributed by atoms with Crippen molar-refractivity contribution < 1.29 is 9.84 Å². The standard InChI is InChI=1S/C18H21NO2/c1-21-17-7-4-6-13(11-17)15-9-16(10-15)19-18-8-3-2-5-14(18)12-20/h2-8,11,15-16,19-20H,9-10,12H2,1H3. The monoisotopic (exact) mass is 283 g/mol. The molecule has 2 N–H and O–H groups in total. The predicted octanol–water partition coefficient (Wildman–Crippen LogP) is 3.55. The first-order valence-corrected chi connectivity index (χ1v) is 7.39. The molecule has 1 aliphatic carbocycles. The molecule has 1 fully saturated rings. The Hall–Kier alpha value is -2.00. The minimum absolute atomic E-state index is 0.0786. The van der Waals surface area contributed by atoms with Crippen molar-refractivity contribution in [2.75, 3.05) is 12.4 Å². The van der Waals surface area contributed by atoms with Crippen LogP contribution in [0.3, 0.4) is 0 Å². The van der Waals surface area contributed by atoms with E-state index in [1.807, 2.05) is 30.3 Å². The Morgan fingerprint density at radius 3 is 2.71 bits per heavy atom. The van der Waals surface area contributed by atoms with Gasteiger partial charge in [-0.05, 0) is 42.5 Å². The van der Waals surface area contributed by atoms with E-state index in [-0.39, 0.29) is 6.61 Å². The minimum atomic E-state index is 0.0786. The molecule has 110 valence electrons. The zero-order chi connectivity index (χ0) is 14.7. The molecule has 0 bridgehead atoms. The molecule has 0 spiro atoms. The number of rotatable bonds is 5. The number of hydrogen-bond acceptors (Lipinski definition) is 3. The van der Waals surface area contributed by atoms with E-state index in [1.54, 1.807) is 7.11 Å². The first-order chi connectivity index (χ1) is 10.3. The minimum Gasteiger partial charge on any atom is -0.497 e. The summed E-state index contributed by atoms with van der Waals surface area (Å²) in [6.07, 6.45) is 2.24. The third kappa shape index (κ3) is 3.03. The van der Waals surface area contributed by atoms with Gasteiger partial charge in [-0.1, -0.05) is 30.3 Å². The quantitative estimate of drug-likeness (QED) is 0.882. The second kappa shape index (κ2) is 6.19. The molecule has 0 aliphatic heterocycles. The van der Waals surface area contributed by atoms with Gasteiger partial charge in [0.05, 0.1) is 13.7 Å². The summed E-state index contributed by atoms with van der Waals surface area (Å²) in [5.74, 6) is 1.52. The maximum Gasteiger partial charge on any atom is 0.119 e. The molecule has 0 saturated heterocycles. The highest BCUT2D eigenvalue weighted by Crippen LogP contribution is 2.39. The molecule has 3 rings (SSSR count). The lowest BCUT2D eigenvalue weighted by atomic mass is 9.75. The fraction of sp³-hybridized carbons (Fsp3) is 0.333. The Bertz CT molecular complexity index is 606. The molecule has 3 nitrogen and oxygen atoms in total. The Labute approximate surface area is 125 Å². The van der Waals surface area contributed by atoms with Gasteiger partial charge in [-0.15, -0.1) is 0 Å². The molecule has 2 aromatic carbocycles. The summed E-state index contributed by atoms with van der Waals surface area (Å²) in [5, 5.41) is 12.9. The van der Waals surface area contributed by atoms with Crippen LogP contribution in [0.1, 0.15) is 29.9 Å². The lowest BCUT2D eigenvalue weighted by Gasteiger charge is -2.37. The van der Waals surface area contributed by atoms with E-state index in [0.717, 1.165) is 29.8 Å². The lowest BCUT2D eigenvalue weighted by molar-refractivity contribution is 0.282. The van der Waals surface area contributed by atoms with Gasteiger partial charge in [-0.3, -0.25) is 0 Å². The maximum absolute atomic E-state index is 9.36. The third-order valence-electron chi connectivity index (χ3n) is 4.25. The Morgan fingerprint density at radius 2 is 1.95 bits per heavy atom. The number of ether oxygens (including phenoxy) is 1. The van der Waals surface area contributed by atoms with Gasteiger partial charge in [0.25, 0.3) is 0 Å². The van der Waals surface area contributed by atoms with Crippen LogP contribution in [0.4, 0.5) is 5.69 Å². The molecule has 0 aromatic heterocycles. The highest BCUT2D eigenvalue weighted by Gasteiger charge is 2.30. The molecule has 0 atom stereocenters. The molecule has 1 aliphatic rings. The van der Waals surface area contributed by atoms with Crippen molar-refractivity contribution in [3.8, 4) is 5.75 Å². The third-order valence-corrected chi connectivity index (χ3v) is 4.25. The number of aliphatic hydroxyl groups is 1. The van der Waals surface area contributed by atoms with Gasteiger partial charge in [0.1, 0.15) is 5.75 Å². The summed E-state index contributed by atoms with van der Waals surface area (Å²) in [5.41, 5.74) is 3.36. The summed E-state index contributed by atoms with van der Waals surface area (Å²) in [6, 6.07) is 16.8. The number of benzene rings is 2. The second-order valence-electron chi connectivity index (χ2n) is 5.60. The average molecular weight is 283 g/mol. The summed E-state index contributed by atoms with van der Waals surface area (Å²) < 4.78 is 5.28. The zero-order valence-electron chi connectivity index (χ0n) is 12.3. The highest BCUT2D eigenvalue weighted by atomic mass is 16.5. The van der Waals surface area contributed by atoms with Crippen molar-refractivity contribution in [2.45, 2.75) is 31.4 Å². The van der Waals surface area contributed by atoms with Crippen LogP contribution in [0, 0.1) is 0 Å². The Morgan fingerprint density at radius 1 is 1.14 bits per heavy atom. The van der Waals surface area contributed by atoms with E-state index < -0.39 is 0 Å². The molecule has 0 amide bonds. The van der Waals surface area contributed by atoms with E-state index in [4.69, 9.17) is 4.74 Å². The topological polar surface area (TPSA) is 41.5 Å². The fourth-order valence-electron chi connectivity index (χ4n) is 2.92. The lowest BCUT2D eigenvalue weighted by Crippen LogP contribution is -2.34. The molecule has 0 radical (unpaired) electrons. The van der Waals surface area contributed by atoms with E-state index in [2.05, 4.69) is 23.5 Å². The number of nitrogens with one attached hydrogen (secondary N) is 1. The molecule has 0 unspecified atom stereocenters. The van der Waals surface area contributed by atoms with E-state index >= 15 is 0 Å². The number of aliphatic hydroxyl groups excluding tert-OH is 1. The van der Waals surface area contributed by atoms with Crippen LogP contribution in [0.25, 0.3) is 0 Å². The van der Waals surface area contributed by atoms with Crippen molar-refractivity contribution in [1.82, 2.24) is 0 Å². The summed E-state index contributed by atoms with van der Waals surface area (Å²) in [7, 11) is 1.70. The van der Waals surface area contributed by atoms with Crippen LogP contribution < -0.4 is 10.1 Å². The van der Waals surface area contributed by atoms with Gasteiger partial charge in [0, 0.05) is 17.3 Å². The molecule has 2 aromatic rings. The van der Waals surface area contributed by atoms with Gasteiger partial charge in [0.15, 0.2) is 0 Å². The Kier molecular flexibility index (Phi) is 4.11. The first kappa shape index (κ1) is 14.0. The van der Waals surface area contributed by atoms with E-state index in [0.29, 0.717) is 12.0 Å². The highest BCUT2D eigenvalue weighted by molar-refractivity contribution is 5.52. The molecular weight excluding hydrogens is 262 g/mol. The number of hydrogen-bond donors (Lipinski definition) is 2. The van der Waals surface area contributed by atoms with Crippen molar-refractivity contribution >= 4 is 5.69 Å². The van der Waals surface area contributed by atoms with E-state index in [9.17, 15) is 5.11 Å². The largest absolute Gasteiger partial charge is 0.497 e. The molecule has 21 heavy (non-hydrogen) atoms. The number of anilines is 1. The van der Waals surface area contributed by atoms with Crippen LogP contribution in [0.5, 0.6) is 5.75 Å². The molecule has 1 saturated carbocycles. The van der Waals surface area contributed by atoms with Crippen LogP contribution in [0.15, 0.2) is 48.5 Å². The van der Waals surface area contributed by atoms with E-state index in [1.165, 1.54) is 5.56 Å². The van der Waals surface area contributed by atoms with Crippen molar-refractivity contribution in [2.24, 2.45) is 0 Å². The normalized spacial score (nSPS) is 20.7. The molecule has 3 heteroatoms. The van der Waals surface area contributed by atoms with Gasteiger partial charge in [-0.25, -0.2) is 0 Å². The van der Waals surface area contributed by atoms with Gasteiger partial charge < -0.3 is 15.2 Å². The van der Waals surface area contributed by atoms with Gasteiger partial charge >= 0.3 is 0 Å². The summed E-state index contributed by atoms with van der Waals surface area (Å²) >= 11 is 0. The average Bonchev–Trinajstić information content (AvgIpc) is 2.50. The number of para-hydroxylation sites is 1. The summed E-state index contributed by atoms with van der Waals surface area (Å²) in [6.45, 7) is 0.0786. The molecule has 0 heterocycles. The van der Waals surface area contributed by atoms with Crippen LogP contribution in [0.2, 0.25) is 0 Å². The molecular formula is C18H21NO2. The number of methoxy groups -OCH3 is 1. The van der Waals surface area contributed by atoms with Gasteiger partial charge in [0.2, 0.25) is 0 Å². The van der Waals surface area contributed by atoms with Crippen LogP contribution in [-0.4, -0.2) is 18.3 Å². The summed E-state index contributed by atoms with van der Waals surface area (Å²) in [4.78, 5) is 0. The smallest absolute Gasteiger partial charge is 0.119 e. The predicted molar refractivity (Wildman–Crippen MR) is 84.7 cm³/mol. The fourth-order valence-corrected chi connectivity index (χ4v) is 2.92. The zero-order valence-corrected chi connectivity index (χ0v) is 12.3. The SMILES string of the molecule is COc1cccc(C2CC(Nc3ccccc3CO)C2)c1. The van der Waals surface area contributed by atoms with Crippen molar-refractivity contribution in [3.05, 3.63) is 59.7 Å². The van der Waals surface area contributed by atoms with Crippen molar-refractivity contribution in [1.29, 1.82) is 0 Å². The maximum atomic E-state index is 9.36. The Balaban J connectivity index is 1.60.